The minimum atomic E-state index is -1.14. The van der Waals surface area contributed by atoms with Crippen LogP contribution in [0.2, 0.25) is 0 Å². The van der Waals surface area contributed by atoms with Crippen molar-refractivity contribution in [2.75, 3.05) is 13.2 Å². The average molecular weight is 458 g/mol. The molecule has 0 amide bonds. The van der Waals surface area contributed by atoms with Crippen LogP contribution in [0.25, 0.3) is 0 Å². The van der Waals surface area contributed by atoms with Crippen molar-refractivity contribution in [1.29, 1.82) is 0 Å². The van der Waals surface area contributed by atoms with E-state index in [0.717, 1.165) is 12.8 Å². The standard InChI is InChI=1S/C24H40FNO6/c1-3-4-5-6-7-8-9-10-13-21(25)15-17-26-16-11-14-22(26)23(28)31-20(2)32-24(29)30-19-12-18-27/h11,14,16,20-21,27H,3-10,12-13,15,17-19H2,1-2H3. The van der Waals surface area contributed by atoms with Crippen molar-refractivity contribution < 1.29 is 33.3 Å². The molecule has 1 aromatic heterocycles. The van der Waals surface area contributed by atoms with Crippen LogP contribution in [0, 0.1) is 0 Å². The number of unbranched alkanes of at least 4 members (excludes halogenated alkanes) is 7. The van der Waals surface area contributed by atoms with Crippen molar-refractivity contribution in [3.63, 3.8) is 0 Å². The molecule has 0 aliphatic rings. The molecule has 7 nitrogen and oxygen atoms in total. The Kier molecular flexibility index (Phi) is 15.2. The van der Waals surface area contributed by atoms with Gasteiger partial charge < -0.3 is 23.9 Å². The summed E-state index contributed by atoms with van der Waals surface area (Å²) in [5, 5.41) is 8.66. The van der Waals surface area contributed by atoms with Gasteiger partial charge in [-0.3, -0.25) is 0 Å². The molecule has 0 saturated carbocycles. The van der Waals surface area contributed by atoms with Gasteiger partial charge in [0.15, 0.2) is 0 Å². The third-order valence-electron chi connectivity index (χ3n) is 5.15. The summed E-state index contributed by atoms with van der Waals surface area (Å²) in [4.78, 5) is 23.8. The molecule has 184 valence electrons. The Morgan fingerprint density at radius 2 is 1.72 bits per heavy atom. The van der Waals surface area contributed by atoms with Gasteiger partial charge in [0.05, 0.1) is 6.61 Å². The summed E-state index contributed by atoms with van der Waals surface area (Å²) in [7, 11) is 0. The van der Waals surface area contributed by atoms with Crippen LogP contribution in [0.4, 0.5) is 9.18 Å². The van der Waals surface area contributed by atoms with Crippen molar-refractivity contribution in [3.8, 4) is 0 Å². The maximum absolute atomic E-state index is 14.3. The number of alkyl halides is 1. The number of hydrogen-bond acceptors (Lipinski definition) is 6. The van der Waals surface area contributed by atoms with Crippen LogP contribution < -0.4 is 0 Å². The van der Waals surface area contributed by atoms with E-state index in [2.05, 4.69) is 6.92 Å². The highest BCUT2D eigenvalue weighted by Gasteiger charge is 2.19. The molecule has 1 aromatic rings. The molecule has 0 radical (unpaired) electrons. The summed E-state index contributed by atoms with van der Waals surface area (Å²) in [6, 6.07) is 3.28. The molecule has 1 N–H and O–H groups in total. The molecule has 0 aliphatic heterocycles. The van der Waals surface area contributed by atoms with Crippen molar-refractivity contribution >= 4 is 12.1 Å². The molecule has 0 saturated heterocycles. The number of aliphatic hydroxyl groups is 1. The minimum absolute atomic E-state index is 0.0161. The largest absolute Gasteiger partial charge is 0.511 e. The molecule has 1 rings (SSSR count). The number of halogens is 1. The summed E-state index contributed by atoms with van der Waals surface area (Å²) >= 11 is 0. The maximum atomic E-state index is 14.3. The SMILES string of the molecule is CCCCCCCCCCC(F)CCn1cccc1C(=O)OC(C)OC(=O)OCCCO. The number of rotatable bonds is 18. The van der Waals surface area contributed by atoms with Gasteiger partial charge in [-0.1, -0.05) is 58.3 Å². The molecule has 2 unspecified atom stereocenters. The van der Waals surface area contributed by atoms with Gasteiger partial charge in [-0.15, -0.1) is 0 Å². The predicted octanol–water partition coefficient (Wildman–Crippen LogP) is 5.79. The van der Waals surface area contributed by atoms with E-state index < -0.39 is 24.6 Å². The zero-order valence-electron chi connectivity index (χ0n) is 19.6. The molecule has 0 fully saturated rings. The Morgan fingerprint density at radius 3 is 2.41 bits per heavy atom. The predicted molar refractivity (Wildman–Crippen MR) is 120 cm³/mol. The summed E-state index contributed by atoms with van der Waals surface area (Å²) in [6.45, 7) is 3.89. The van der Waals surface area contributed by atoms with Gasteiger partial charge in [0.2, 0.25) is 6.29 Å². The average Bonchev–Trinajstić information content (AvgIpc) is 3.23. The Morgan fingerprint density at radius 1 is 1.03 bits per heavy atom. The molecule has 1 heterocycles. The van der Waals surface area contributed by atoms with Crippen LogP contribution in [0.5, 0.6) is 0 Å². The summed E-state index contributed by atoms with van der Waals surface area (Å²) in [6.07, 6.45) is 9.31. The molecular weight excluding hydrogens is 417 g/mol. The van der Waals surface area contributed by atoms with Crippen LogP contribution in [-0.4, -0.2) is 47.5 Å². The molecule has 0 bridgehead atoms. The van der Waals surface area contributed by atoms with Crippen molar-refractivity contribution in [2.45, 2.75) is 103 Å². The van der Waals surface area contributed by atoms with E-state index in [0.29, 0.717) is 25.8 Å². The Bertz CT molecular complexity index is 636. The number of carbonyl (C=O) groups excluding carboxylic acids is 2. The quantitative estimate of drug-likeness (QED) is 0.171. The van der Waals surface area contributed by atoms with Gasteiger partial charge in [0.25, 0.3) is 0 Å². The topological polar surface area (TPSA) is 87.0 Å². The van der Waals surface area contributed by atoms with Crippen LogP contribution in [0.3, 0.4) is 0 Å². The molecule has 8 heteroatoms. The lowest BCUT2D eigenvalue weighted by molar-refractivity contribution is -0.0827. The molecule has 0 spiro atoms. The van der Waals surface area contributed by atoms with E-state index in [1.165, 1.54) is 45.4 Å². The van der Waals surface area contributed by atoms with E-state index in [1.54, 1.807) is 22.9 Å². The maximum Gasteiger partial charge on any atom is 0.511 e. The second-order valence-corrected chi connectivity index (χ2v) is 8.00. The Hall–Kier alpha value is -2.09. The first-order valence-corrected chi connectivity index (χ1v) is 11.9. The van der Waals surface area contributed by atoms with E-state index in [9.17, 15) is 14.0 Å². The first-order chi connectivity index (χ1) is 15.5. The molecular formula is C24H40FNO6. The van der Waals surface area contributed by atoms with Crippen LogP contribution >= 0.6 is 0 Å². The lowest BCUT2D eigenvalue weighted by Crippen LogP contribution is -2.24. The second-order valence-electron chi connectivity index (χ2n) is 8.00. The van der Waals surface area contributed by atoms with E-state index in [4.69, 9.17) is 19.3 Å². The van der Waals surface area contributed by atoms with E-state index in [1.807, 2.05) is 0 Å². The Balaban J connectivity index is 2.27. The zero-order valence-corrected chi connectivity index (χ0v) is 19.6. The number of aromatic nitrogens is 1. The molecule has 2 atom stereocenters. The highest BCUT2D eigenvalue weighted by atomic mass is 19.1. The summed E-state index contributed by atoms with van der Waals surface area (Å²) in [5.74, 6) is -0.663. The lowest BCUT2D eigenvalue weighted by Gasteiger charge is -2.15. The molecule has 0 aromatic carbocycles. The van der Waals surface area contributed by atoms with E-state index in [-0.39, 0.29) is 18.9 Å². The fourth-order valence-electron chi connectivity index (χ4n) is 3.34. The highest BCUT2D eigenvalue weighted by Crippen LogP contribution is 2.15. The van der Waals surface area contributed by atoms with Crippen molar-refractivity contribution in [2.24, 2.45) is 0 Å². The van der Waals surface area contributed by atoms with Crippen LogP contribution in [0.15, 0.2) is 18.3 Å². The van der Waals surface area contributed by atoms with Crippen molar-refractivity contribution in [3.05, 3.63) is 24.0 Å². The summed E-state index contributed by atoms with van der Waals surface area (Å²) < 4.78 is 30.6. The number of carbonyl (C=O) groups is 2. The smallest absolute Gasteiger partial charge is 0.434 e. The van der Waals surface area contributed by atoms with Crippen LogP contribution in [-0.2, 0) is 20.8 Å². The van der Waals surface area contributed by atoms with Gasteiger partial charge in [0.1, 0.15) is 11.9 Å². The minimum Gasteiger partial charge on any atom is -0.434 e. The third-order valence-corrected chi connectivity index (χ3v) is 5.15. The number of aliphatic hydroxyl groups excluding tert-OH is 1. The lowest BCUT2D eigenvalue weighted by atomic mass is 10.1. The zero-order chi connectivity index (χ0) is 23.6. The van der Waals surface area contributed by atoms with Crippen molar-refractivity contribution in [1.82, 2.24) is 4.57 Å². The molecule has 0 aliphatic carbocycles. The third kappa shape index (κ3) is 12.7. The normalized spacial score (nSPS) is 12.9. The van der Waals surface area contributed by atoms with Gasteiger partial charge in [-0.2, -0.15) is 0 Å². The first-order valence-electron chi connectivity index (χ1n) is 11.9. The first kappa shape index (κ1) is 27.9. The van der Waals surface area contributed by atoms with Gasteiger partial charge in [0, 0.05) is 32.7 Å². The number of hydrogen-bond donors (Lipinski definition) is 1. The monoisotopic (exact) mass is 457 g/mol. The fraction of sp³-hybridized carbons (Fsp3) is 0.750. The summed E-state index contributed by atoms with van der Waals surface area (Å²) in [5.41, 5.74) is 0.272. The number of esters is 1. The fourth-order valence-corrected chi connectivity index (χ4v) is 3.34. The van der Waals surface area contributed by atoms with Gasteiger partial charge >= 0.3 is 12.1 Å². The number of aryl methyl sites for hydroxylation is 1. The second kappa shape index (κ2) is 17.5. The highest BCUT2D eigenvalue weighted by molar-refractivity contribution is 5.87. The van der Waals surface area contributed by atoms with Crippen LogP contribution in [0.1, 0.15) is 95.0 Å². The number of ether oxygens (including phenoxy) is 3. The number of nitrogens with zero attached hydrogens (tertiary/aromatic N) is 1. The van der Waals surface area contributed by atoms with Gasteiger partial charge in [-0.05, 0) is 25.0 Å². The van der Waals surface area contributed by atoms with E-state index >= 15 is 0 Å². The Labute approximate surface area is 191 Å². The molecule has 32 heavy (non-hydrogen) atoms. The van der Waals surface area contributed by atoms with Gasteiger partial charge in [-0.25, -0.2) is 14.0 Å².